The third-order valence-corrected chi connectivity index (χ3v) is 4.93. The largest absolute Gasteiger partial charge is 0.467 e. The molecule has 0 saturated carbocycles. The molecule has 0 saturated heterocycles. The minimum atomic E-state index is -1.00. The van der Waals surface area contributed by atoms with Gasteiger partial charge in [-0.2, -0.15) is 0 Å². The van der Waals surface area contributed by atoms with Gasteiger partial charge in [-0.1, -0.05) is 60.7 Å². The fourth-order valence-electron chi connectivity index (χ4n) is 3.39. The van der Waals surface area contributed by atoms with Gasteiger partial charge in [-0.15, -0.1) is 0 Å². The Morgan fingerprint density at radius 3 is 2.29 bits per heavy atom. The van der Waals surface area contributed by atoms with Gasteiger partial charge in [0.25, 0.3) is 5.91 Å². The number of carbonyl (C=O) groups is 2. The molecule has 1 atom stereocenters. The second kappa shape index (κ2) is 8.75. The molecular weight excluding hydrogens is 395 g/mol. The summed E-state index contributed by atoms with van der Waals surface area (Å²) in [6.07, 6.45) is 0. The highest BCUT2D eigenvalue weighted by molar-refractivity contribution is 6.08. The van der Waals surface area contributed by atoms with Crippen molar-refractivity contribution in [3.8, 4) is 11.3 Å². The lowest BCUT2D eigenvalue weighted by Gasteiger charge is -2.18. The second-order valence-corrected chi connectivity index (χ2v) is 6.92. The molecule has 0 aliphatic carbocycles. The number of carbonyl (C=O) groups excluding carboxylic acids is 2. The molecule has 6 heteroatoms. The van der Waals surface area contributed by atoms with E-state index in [0.29, 0.717) is 22.2 Å². The van der Waals surface area contributed by atoms with Crippen LogP contribution in [0.15, 0.2) is 84.9 Å². The summed E-state index contributed by atoms with van der Waals surface area (Å²) in [6.45, 7) is 0. The van der Waals surface area contributed by atoms with Crippen LogP contribution < -0.4 is 5.32 Å². The van der Waals surface area contributed by atoms with E-state index in [2.05, 4.69) is 10.3 Å². The molecule has 1 aromatic heterocycles. The van der Waals surface area contributed by atoms with Gasteiger partial charge in [0.1, 0.15) is 5.82 Å². The Morgan fingerprint density at radius 2 is 1.61 bits per heavy atom. The molecule has 1 amide bonds. The predicted molar refractivity (Wildman–Crippen MR) is 116 cm³/mol. The third-order valence-electron chi connectivity index (χ3n) is 4.93. The number of halogens is 1. The minimum Gasteiger partial charge on any atom is -0.467 e. The van der Waals surface area contributed by atoms with Crippen molar-refractivity contribution in [3.63, 3.8) is 0 Å². The molecule has 0 aliphatic rings. The lowest BCUT2D eigenvalue weighted by atomic mass is 10.0. The number of hydrogen-bond donors (Lipinski definition) is 1. The van der Waals surface area contributed by atoms with Crippen LogP contribution in [0.5, 0.6) is 0 Å². The third kappa shape index (κ3) is 4.28. The first-order chi connectivity index (χ1) is 15.1. The Labute approximate surface area is 178 Å². The minimum absolute atomic E-state index is 0.216. The zero-order chi connectivity index (χ0) is 21.8. The molecule has 154 valence electrons. The zero-order valence-electron chi connectivity index (χ0n) is 16.7. The van der Waals surface area contributed by atoms with Crippen molar-refractivity contribution in [1.29, 1.82) is 0 Å². The van der Waals surface area contributed by atoms with Crippen molar-refractivity contribution in [2.24, 2.45) is 0 Å². The lowest BCUT2D eigenvalue weighted by Crippen LogP contribution is -2.34. The fourth-order valence-corrected chi connectivity index (χ4v) is 3.39. The quantitative estimate of drug-likeness (QED) is 0.481. The van der Waals surface area contributed by atoms with E-state index in [9.17, 15) is 14.0 Å². The summed E-state index contributed by atoms with van der Waals surface area (Å²) in [6, 6.07) is 22.9. The zero-order valence-corrected chi connectivity index (χ0v) is 16.7. The van der Waals surface area contributed by atoms with Crippen molar-refractivity contribution in [2.75, 3.05) is 7.11 Å². The Morgan fingerprint density at radius 1 is 0.935 bits per heavy atom. The van der Waals surface area contributed by atoms with Crippen molar-refractivity contribution < 1.29 is 18.7 Å². The number of pyridine rings is 1. The number of aromatic nitrogens is 1. The van der Waals surface area contributed by atoms with Crippen LogP contribution in [0.2, 0.25) is 0 Å². The molecule has 0 bridgehead atoms. The number of methoxy groups -OCH3 is 1. The van der Waals surface area contributed by atoms with Gasteiger partial charge in [0, 0.05) is 10.9 Å². The summed E-state index contributed by atoms with van der Waals surface area (Å²) < 4.78 is 18.9. The maximum absolute atomic E-state index is 14.0. The molecule has 1 N–H and O–H groups in total. The van der Waals surface area contributed by atoms with Gasteiger partial charge in [-0.25, -0.2) is 14.2 Å². The van der Waals surface area contributed by atoms with Crippen molar-refractivity contribution in [1.82, 2.24) is 10.3 Å². The van der Waals surface area contributed by atoms with Crippen molar-refractivity contribution in [3.05, 3.63) is 102 Å². The highest BCUT2D eigenvalue weighted by Gasteiger charge is 2.25. The summed E-state index contributed by atoms with van der Waals surface area (Å²) in [5.74, 6) is -1.62. The van der Waals surface area contributed by atoms with E-state index in [4.69, 9.17) is 4.74 Å². The van der Waals surface area contributed by atoms with Crippen LogP contribution in [-0.4, -0.2) is 24.0 Å². The van der Waals surface area contributed by atoms with Gasteiger partial charge in [0.2, 0.25) is 0 Å². The Kier molecular flexibility index (Phi) is 5.71. The number of esters is 1. The summed E-state index contributed by atoms with van der Waals surface area (Å²) in [4.78, 5) is 30.2. The highest BCUT2D eigenvalue weighted by atomic mass is 19.1. The molecule has 0 radical (unpaired) electrons. The molecule has 31 heavy (non-hydrogen) atoms. The number of rotatable bonds is 5. The van der Waals surface area contributed by atoms with Crippen LogP contribution in [0.25, 0.3) is 22.2 Å². The van der Waals surface area contributed by atoms with Crippen LogP contribution in [0.3, 0.4) is 0 Å². The summed E-state index contributed by atoms with van der Waals surface area (Å²) in [5.41, 5.74) is 2.65. The Bertz CT molecular complexity index is 1240. The van der Waals surface area contributed by atoms with Crippen LogP contribution in [0, 0.1) is 5.82 Å². The topological polar surface area (TPSA) is 68.3 Å². The average Bonchev–Trinajstić information content (AvgIpc) is 2.82. The molecule has 3 aromatic carbocycles. The van der Waals surface area contributed by atoms with Crippen molar-refractivity contribution in [2.45, 2.75) is 6.04 Å². The monoisotopic (exact) mass is 414 g/mol. The van der Waals surface area contributed by atoms with Crippen LogP contribution >= 0.6 is 0 Å². The normalized spacial score (nSPS) is 11.7. The molecule has 0 aliphatic heterocycles. The van der Waals surface area contributed by atoms with Gasteiger partial charge in [0.15, 0.2) is 6.04 Å². The number of hydrogen-bond acceptors (Lipinski definition) is 4. The number of fused-ring (bicyclic) bond motifs is 1. The van der Waals surface area contributed by atoms with E-state index in [1.165, 1.54) is 25.3 Å². The number of amides is 1. The summed E-state index contributed by atoms with van der Waals surface area (Å²) in [7, 11) is 1.26. The van der Waals surface area contributed by atoms with Crippen molar-refractivity contribution >= 4 is 22.8 Å². The van der Waals surface area contributed by atoms with E-state index in [0.717, 1.165) is 5.56 Å². The number of ether oxygens (including phenoxy) is 1. The smallest absolute Gasteiger partial charge is 0.333 e. The lowest BCUT2D eigenvalue weighted by molar-refractivity contribution is -0.143. The summed E-state index contributed by atoms with van der Waals surface area (Å²) in [5, 5.41) is 3.08. The van der Waals surface area contributed by atoms with Gasteiger partial charge in [0.05, 0.1) is 23.9 Å². The Balaban J connectivity index is 1.80. The second-order valence-electron chi connectivity index (χ2n) is 6.92. The summed E-state index contributed by atoms with van der Waals surface area (Å²) >= 11 is 0. The predicted octanol–water partition coefficient (Wildman–Crippen LogP) is 4.69. The standard InChI is InChI=1S/C25H19FN2O3/c1-31-25(30)23(17-10-6-3-7-11-17)28-24(29)20-15-22(16-8-4-2-5-9-16)27-21-13-12-18(26)14-19(20)21/h2-15,23H,1H3,(H,28,29)/t23-/m1/s1. The first kappa shape index (κ1) is 20.2. The maximum atomic E-state index is 14.0. The van der Waals surface area contributed by atoms with Crippen LogP contribution in [-0.2, 0) is 9.53 Å². The van der Waals surface area contributed by atoms with E-state index in [-0.39, 0.29) is 5.56 Å². The van der Waals surface area contributed by atoms with E-state index < -0.39 is 23.7 Å². The van der Waals surface area contributed by atoms with Gasteiger partial charge < -0.3 is 10.1 Å². The number of nitrogens with zero attached hydrogens (tertiary/aromatic N) is 1. The Hall–Kier alpha value is -4.06. The van der Waals surface area contributed by atoms with E-state index >= 15 is 0 Å². The molecule has 4 rings (SSSR count). The van der Waals surface area contributed by atoms with Crippen LogP contribution in [0.4, 0.5) is 4.39 Å². The average molecular weight is 414 g/mol. The maximum Gasteiger partial charge on any atom is 0.333 e. The molecule has 4 aromatic rings. The molecule has 5 nitrogen and oxygen atoms in total. The first-order valence-corrected chi connectivity index (χ1v) is 9.66. The van der Waals surface area contributed by atoms with Gasteiger partial charge in [-0.05, 0) is 29.8 Å². The molecule has 0 fully saturated rings. The van der Waals surface area contributed by atoms with Crippen LogP contribution in [0.1, 0.15) is 22.0 Å². The molecule has 1 heterocycles. The van der Waals surface area contributed by atoms with Gasteiger partial charge >= 0.3 is 5.97 Å². The highest BCUT2D eigenvalue weighted by Crippen LogP contribution is 2.26. The molecular formula is C25H19FN2O3. The first-order valence-electron chi connectivity index (χ1n) is 9.66. The van der Waals surface area contributed by atoms with Gasteiger partial charge in [-0.3, -0.25) is 4.79 Å². The number of nitrogens with one attached hydrogen (secondary N) is 1. The fraction of sp³-hybridized carbons (Fsp3) is 0.0800. The molecule has 0 unspecified atom stereocenters. The van der Waals surface area contributed by atoms with E-state index in [1.54, 1.807) is 30.3 Å². The number of benzene rings is 3. The SMILES string of the molecule is COC(=O)[C@H](NC(=O)c1cc(-c2ccccc2)nc2ccc(F)cc12)c1ccccc1. The van der Waals surface area contributed by atoms with E-state index in [1.807, 2.05) is 36.4 Å². The molecule has 0 spiro atoms.